The lowest BCUT2D eigenvalue weighted by atomic mass is 9.90. The molecule has 1 saturated heterocycles. The molecule has 4 heteroatoms. The standard InChI is InChI=1S/C28H30ClNO2/c1-21(22-7-13-26(31-2)14-8-22)28(23-5-11-25(29)12-6-23)24-9-15-27(16-10-24)32-20-19-30-17-3-4-18-30/h5-16H,3-4,17-20H2,1-2H3/b28-21+. The highest BCUT2D eigenvalue weighted by Gasteiger charge is 2.13. The van der Waals surface area contributed by atoms with Crippen molar-refractivity contribution in [2.75, 3.05) is 33.4 Å². The lowest BCUT2D eigenvalue weighted by molar-refractivity contribution is 0.238. The molecule has 0 radical (unpaired) electrons. The average molecular weight is 448 g/mol. The van der Waals surface area contributed by atoms with Gasteiger partial charge in [-0.25, -0.2) is 0 Å². The zero-order valence-corrected chi connectivity index (χ0v) is 19.6. The molecule has 0 atom stereocenters. The summed E-state index contributed by atoms with van der Waals surface area (Å²) >= 11 is 6.16. The Morgan fingerprint density at radius 1 is 0.781 bits per heavy atom. The summed E-state index contributed by atoms with van der Waals surface area (Å²) < 4.78 is 11.3. The van der Waals surface area contributed by atoms with E-state index in [2.05, 4.69) is 60.4 Å². The van der Waals surface area contributed by atoms with Gasteiger partial charge in [0.1, 0.15) is 18.1 Å². The van der Waals surface area contributed by atoms with Gasteiger partial charge in [0.25, 0.3) is 0 Å². The molecule has 166 valence electrons. The maximum atomic E-state index is 6.16. The SMILES string of the molecule is COc1ccc(/C(C)=C(\c2ccc(Cl)cc2)c2ccc(OCCN3CCCC3)cc2)cc1. The highest BCUT2D eigenvalue weighted by Crippen LogP contribution is 2.34. The Labute approximate surface area is 196 Å². The van der Waals surface area contributed by atoms with Crippen LogP contribution in [0.2, 0.25) is 5.02 Å². The first-order valence-corrected chi connectivity index (χ1v) is 11.6. The second-order valence-electron chi connectivity index (χ2n) is 8.16. The maximum absolute atomic E-state index is 6.16. The van der Waals surface area contributed by atoms with Crippen LogP contribution in [0.5, 0.6) is 11.5 Å². The number of ether oxygens (including phenoxy) is 2. The van der Waals surface area contributed by atoms with Crippen molar-refractivity contribution in [1.82, 2.24) is 4.90 Å². The van der Waals surface area contributed by atoms with E-state index in [0.29, 0.717) is 0 Å². The molecular weight excluding hydrogens is 418 g/mol. The summed E-state index contributed by atoms with van der Waals surface area (Å²) in [5, 5.41) is 0.733. The molecule has 1 aliphatic heterocycles. The fourth-order valence-corrected chi connectivity index (χ4v) is 4.34. The van der Waals surface area contributed by atoms with Gasteiger partial charge in [0, 0.05) is 11.6 Å². The van der Waals surface area contributed by atoms with Crippen LogP contribution in [0.25, 0.3) is 11.1 Å². The van der Waals surface area contributed by atoms with Crippen molar-refractivity contribution >= 4 is 22.7 Å². The second-order valence-corrected chi connectivity index (χ2v) is 8.59. The van der Waals surface area contributed by atoms with Crippen LogP contribution in [-0.2, 0) is 0 Å². The normalized spacial score (nSPS) is 14.8. The Morgan fingerprint density at radius 3 is 1.91 bits per heavy atom. The van der Waals surface area contributed by atoms with Gasteiger partial charge in [-0.3, -0.25) is 4.90 Å². The quantitative estimate of drug-likeness (QED) is 0.354. The topological polar surface area (TPSA) is 21.7 Å². The molecular formula is C28H30ClNO2. The highest BCUT2D eigenvalue weighted by molar-refractivity contribution is 6.30. The van der Waals surface area contributed by atoms with Crippen LogP contribution in [0, 0.1) is 0 Å². The number of halogens is 1. The van der Waals surface area contributed by atoms with E-state index in [-0.39, 0.29) is 0 Å². The van der Waals surface area contributed by atoms with Crippen LogP contribution in [0.3, 0.4) is 0 Å². The minimum Gasteiger partial charge on any atom is -0.497 e. The van der Waals surface area contributed by atoms with E-state index in [4.69, 9.17) is 21.1 Å². The first-order valence-electron chi connectivity index (χ1n) is 11.2. The number of nitrogens with zero attached hydrogens (tertiary/aromatic N) is 1. The van der Waals surface area contributed by atoms with Gasteiger partial charge in [0.2, 0.25) is 0 Å². The van der Waals surface area contributed by atoms with Crippen LogP contribution in [0.15, 0.2) is 72.8 Å². The maximum Gasteiger partial charge on any atom is 0.119 e. The second kappa shape index (κ2) is 10.7. The van der Waals surface area contributed by atoms with Gasteiger partial charge >= 0.3 is 0 Å². The van der Waals surface area contributed by atoms with Crippen LogP contribution in [0.4, 0.5) is 0 Å². The van der Waals surface area contributed by atoms with Crippen molar-refractivity contribution in [3.63, 3.8) is 0 Å². The Balaban J connectivity index is 1.59. The van der Waals surface area contributed by atoms with Gasteiger partial charge in [-0.1, -0.05) is 48.0 Å². The molecule has 0 aliphatic carbocycles. The number of methoxy groups -OCH3 is 1. The predicted molar refractivity (Wildman–Crippen MR) is 134 cm³/mol. The number of likely N-dealkylation sites (tertiary alicyclic amines) is 1. The molecule has 0 saturated carbocycles. The fourth-order valence-electron chi connectivity index (χ4n) is 4.22. The molecule has 4 rings (SSSR count). The van der Waals surface area contributed by atoms with Gasteiger partial charge < -0.3 is 9.47 Å². The van der Waals surface area contributed by atoms with E-state index in [1.54, 1.807) is 7.11 Å². The molecule has 3 nitrogen and oxygen atoms in total. The molecule has 1 fully saturated rings. The van der Waals surface area contributed by atoms with Crippen molar-refractivity contribution in [2.24, 2.45) is 0 Å². The highest BCUT2D eigenvalue weighted by atomic mass is 35.5. The molecule has 1 heterocycles. The van der Waals surface area contributed by atoms with Crippen LogP contribution < -0.4 is 9.47 Å². The van der Waals surface area contributed by atoms with Gasteiger partial charge in [0.15, 0.2) is 0 Å². The molecule has 1 aliphatic rings. The van der Waals surface area contributed by atoms with Crippen LogP contribution >= 0.6 is 11.6 Å². The van der Waals surface area contributed by atoms with Crippen molar-refractivity contribution in [3.05, 3.63) is 94.5 Å². The molecule has 3 aromatic rings. The van der Waals surface area contributed by atoms with Crippen molar-refractivity contribution in [1.29, 1.82) is 0 Å². The monoisotopic (exact) mass is 447 g/mol. The first-order chi connectivity index (χ1) is 15.6. The summed E-state index contributed by atoms with van der Waals surface area (Å²) in [5.41, 5.74) is 5.80. The van der Waals surface area contributed by atoms with E-state index in [0.717, 1.165) is 46.4 Å². The summed E-state index contributed by atoms with van der Waals surface area (Å²) in [6.45, 7) is 6.27. The summed E-state index contributed by atoms with van der Waals surface area (Å²) in [6.07, 6.45) is 2.62. The summed E-state index contributed by atoms with van der Waals surface area (Å²) in [6, 6.07) is 24.6. The Kier molecular flexibility index (Phi) is 7.51. The minimum atomic E-state index is 0.726. The van der Waals surface area contributed by atoms with Crippen molar-refractivity contribution < 1.29 is 9.47 Å². The van der Waals surface area contributed by atoms with Gasteiger partial charge in [0.05, 0.1) is 7.11 Å². The van der Waals surface area contributed by atoms with Crippen molar-refractivity contribution in [2.45, 2.75) is 19.8 Å². The van der Waals surface area contributed by atoms with E-state index >= 15 is 0 Å². The van der Waals surface area contributed by atoms with Crippen LogP contribution in [0.1, 0.15) is 36.5 Å². The average Bonchev–Trinajstić information content (AvgIpc) is 3.35. The summed E-state index contributed by atoms with van der Waals surface area (Å²) in [5.74, 6) is 1.76. The van der Waals surface area contributed by atoms with Crippen molar-refractivity contribution in [3.8, 4) is 11.5 Å². The minimum absolute atomic E-state index is 0.726. The summed E-state index contributed by atoms with van der Waals surface area (Å²) in [7, 11) is 1.69. The summed E-state index contributed by atoms with van der Waals surface area (Å²) in [4.78, 5) is 2.47. The van der Waals surface area contributed by atoms with Gasteiger partial charge in [-0.05, 0) is 97.1 Å². The number of benzene rings is 3. The van der Waals surface area contributed by atoms with Gasteiger partial charge in [-0.2, -0.15) is 0 Å². The molecule has 0 spiro atoms. The Hall–Kier alpha value is -2.75. The molecule has 0 N–H and O–H groups in total. The largest absolute Gasteiger partial charge is 0.497 e. The zero-order valence-electron chi connectivity index (χ0n) is 18.8. The molecule has 0 unspecified atom stereocenters. The smallest absolute Gasteiger partial charge is 0.119 e. The Bertz CT molecular complexity index is 1030. The molecule has 32 heavy (non-hydrogen) atoms. The molecule has 0 aromatic heterocycles. The molecule has 0 amide bonds. The third-order valence-electron chi connectivity index (χ3n) is 6.05. The lowest BCUT2D eigenvalue weighted by Gasteiger charge is -2.17. The number of hydrogen-bond acceptors (Lipinski definition) is 3. The number of allylic oxidation sites excluding steroid dienone is 1. The van der Waals surface area contributed by atoms with Gasteiger partial charge in [-0.15, -0.1) is 0 Å². The fraction of sp³-hybridized carbons (Fsp3) is 0.286. The number of hydrogen-bond donors (Lipinski definition) is 0. The van der Waals surface area contributed by atoms with E-state index < -0.39 is 0 Å². The van der Waals surface area contributed by atoms with Crippen LogP contribution in [-0.4, -0.2) is 38.3 Å². The number of rotatable bonds is 8. The Morgan fingerprint density at radius 2 is 1.31 bits per heavy atom. The van der Waals surface area contributed by atoms with E-state index in [1.807, 2.05) is 24.3 Å². The lowest BCUT2D eigenvalue weighted by Crippen LogP contribution is -2.25. The third-order valence-corrected chi connectivity index (χ3v) is 6.30. The first kappa shape index (κ1) is 22.4. The van der Waals surface area contributed by atoms with E-state index in [9.17, 15) is 0 Å². The van der Waals surface area contributed by atoms with E-state index in [1.165, 1.54) is 37.1 Å². The third kappa shape index (κ3) is 5.53. The molecule has 0 bridgehead atoms. The zero-order chi connectivity index (χ0) is 22.3. The predicted octanol–water partition coefficient (Wildman–Crippen LogP) is 6.80. The molecule has 3 aromatic carbocycles.